The predicted molar refractivity (Wildman–Crippen MR) is 63.9 cm³/mol. The molecular formula is C12H13FN4O. The van der Waals surface area contributed by atoms with Gasteiger partial charge in [-0.15, -0.1) is 0 Å². The van der Waals surface area contributed by atoms with E-state index in [0.717, 1.165) is 0 Å². The Morgan fingerprint density at radius 3 is 2.61 bits per heavy atom. The summed E-state index contributed by atoms with van der Waals surface area (Å²) in [6.45, 7) is 0.169. The van der Waals surface area contributed by atoms with Gasteiger partial charge in [0.25, 0.3) is 0 Å². The molecule has 1 aromatic carbocycles. The minimum atomic E-state index is -0.354. The number of amides is 1. The number of benzene rings is 1. The smallest absolute Gasteiger partial charge is 0.215 e. The molecule has 5 nitrogen and oxygen atoms in total. The van der Waals surface area contributed by atoms with E-state index in [2.05, 4.69) is 5.32 Å². The van der Waals surface area contributed by atoms with Crippen LogP contribution in [-0.4, -0.2) is 18.4 Å². The van der Waals surface area contributed by atoms with Gasteiger partial charge in [-0.2, -0.15) is 5.26 Å². The minimum Gasteiger partial charge on any atom is -0.383 e. The second-order valence-corrected chi connectivity index (χ2v) is 3.48. The monoisotopic (exact) mass is 248 g/mol. The first kappa shape index (κ1) is 13.5. The molecule has 0 fully saturated rings. The van der Waals surface area contributed by atoms with Crippen molar-refractivity contribution in [1.29, 1.82) is 5.26 Å². The molecule has 0 spiro atoms. The molecule has 0 bridgehead atoms. The van der Waals surface area contributed by atoms with Gasteiger partial charge in [-0.25, -0.2) is 4.39 Å². The van der Waals surface area contributed by atoms with Gasteiger partial charge < -0.3 is 11.1 Å². The number of nitrogens with two attached hydrogens (primary N) is 1. The summed E-state index contributed by atoms with van der Waals surface area (Å²) >= 11 is 0. The molecule has 0 radical (unpaired) electrons. The van der Waals surface area contributed by atoms with Crippen LogP contribution in [0.4, 0.5) is 4.39 Å². The number of allylic oxidation sites excluding steroid dienone is 1. The highest BCUT2D eigenvalue weighted by Crippen LogP contribution is 2.09. The van der Waals surface area contributed by atoms with Crippen molar-refractivity contribution in [2.75, 3.05) is 7.05 Å². The lowest BCUT2D eigenvalue weighted by molar-refractivity contribution is -0.117. The van der Waals surface area contributed by atoms with Gasteiger partial charge in [0.1, 0.15) is 17.7 Å². The molecule has 0 saturated heterocycles. The van der Waals surface area contributed by atoms with Gasteiger partial charge in [0.15, 0.2) is 5.70 Å². The molecule has 0 aliphatic carbocycles. The van der Waals surface area contributed by atoms with Gasteiger partial charge in [-0.3, -0.25) is 9.69 Å². The van der Waals surface area contributed by atoms with Crippen LogP contribution in [0.5, 0.6) is 0 Å². The zero-order chi connectivity index (χ0) is 13.5. The van der Waals surface area contributed by atoms with Crippen molar-refractivity contribution < 1.29 is 9.18 Å². The van der Waals surface area contributed by atoms with Crippen molar-refractivity contribution >= 4 is 6.41 Å². The van der Waals surface area contributed by atoms with Crippen LogP contribution in [0.3, 0.4) is 0 Å². The molecule has 0 unspecified atom stereocenters. The van der Waals surface area contributed by atoms with Crippen molar-refractivity contribution in [2.45, 2.75) is 6.54 Å². The molecule has 0 saturated carbocycles. The van der Waals surface area contributed by atoms with E-state index in [1.54, 1.807) is 12.1 Å². The van der Waals surface area contributed by atoms with Crippen LogP contribution in [0.25, 0.3) is 0 Å². The number of nitrogens with one attached hydrogen (secondary N) is 1. The molecule has 0 aliphatic heterocycles. The summed E-state index contributed by atoms with van der Waals surface area (Å²) in [5.41, 5.74) is 6.50. The van der Waals surface area contributed by atoms with Gasteiger partial charge >= 0.3 is 0 Å². The van der Waals surface area contributed by atoms with Gasteiger partial charge in [0, 0.05) is 7.05 Å². The van der Waals surface area contributed by atoms with Crippen LogP contribution < -0.4 is 11.1 Å². The van der Waals surface area contributed by atoms with Crippen LogP contribution in [-0.2, 0) is 11.3 Å². The Bertz CT molecular complexity index is 490. The quantitative estimate of drug-likeness (QED) is 0.592. The Morgan fingerprint density at radius 1 is 1.56 bits per heavy atom. The summed E-state index contributed by atoms with van der Waals surface area (Å²) in [4.78, 5) is 12.1. The molecule has 6 heteroatoms. The van der Waals surface area contributed by atoms with Gasteiger partial charge in [-0.05, 0) is 17.7 Å². The first-order valence-electron chi connectivity index (χ1n) is 5.16. The Morgan fingerprint density at radius 2 is 2.17 bits per heavy atom. The summed E-state index contributed by atoms with van der Waals surface area (Å²) in [6, 6.07) is 7.52. The topological polar surface area (TPSA) is 82.2 Å². The third-order valence-corrected chi connectivity index (χ3v) is 2.32. The Balaban J connectivity index is 2.92. The highest BCUT2D eigenvalue weighted by Gasteiger charge is 2.11. The second-order valence-electron chi connectivity index (χ2n) is 3.48. The van der Waals surface area contributed by atoms with Crippen molar-refractivity contribution in [3.8, 4) is 6.07 Å². The molecule has 1 amide bonds. The molecule has 0 atom stereocenters. The fraction of sp³-hybridized carbons (Fsp3) is 0.167. The Kier molecular flexibility index (Phi) is 4.69. The van der Waals surface area contributed by atoms with E-state index in [-0.39, 0.29) is 23.9 Å². The fourth-order valence-electron chi connectivity index (χ4n) is 1.35. The zero-order valence-electron chi connectivity index (χ0n) is 9.85. The number of rotatable bonds is 5. The van der Waals surface area contributed by atoms with E-state index in [0.29, 0.717) is 12.0 Å². The fourth-order valence-corrected chi connectivity index (χ4v) is 1.35. The van der Waals surface area contributed by atoms with E-state index in [4.69, 9.17) is 11.0 Å². The molecule has 0 heterocycles. The molecule has 0 aliphatic rings. The largest absolute Gasteiger partial charge is 0.383 e. The standard InChI is InChI=1S/C12H13FN4O/c1-16-11(6-14)12(15)17(8-18)7-9-2-4-10(13)5-3-9/h2-5,8,16H,7,15H2,1H3/b12-11-. The SMILES string of the molecule is CN/C(C#N)=C(/N)N(C=O)Cc1ccc(F)cc1. The third kappa shape index (κ3) is 3.22. The van der Waals surface area contributed by atoms with Crippen LogP contribution in [0.1, 0.15) is 5.56 Å². The number of hydrogen-bond acceptors (Lipinski definition) is 4. The number of nitrogens with zero attached hydrogens (tertiary/aromatic N) is 2. The summed E-state index contributed by atoms with van der Waals surface area (Å²) in [5, 5.41) is 11.4. The average molecular weight is 248 g/mol. The van der Waals surface area contributed by atoms with E-state index in [1.807, 2.05) is 6.07 Å². The summed E-state index contributed by atoms with van der Waals surface area (Å²) in [7, 11) is 1.53. The Labute approximate surface area is 104 Å². The summed E-state index contributed by atoms with van der Waals surface area (Å²) in [6.07, 6.45) is 0.521. The van der Waals surface area contributed by atoms with Crippen LogP contribution in [0.15, 0.2) is 35.8 Å². The number of halogens is 1. The van der Waals surface area contributed by atoms with E-state index in [9.17, 15) is 9.18 Å². The average Bonchev–Trinajstić information content (AvgIpc) is 2.39. The van der Waals surface area contributed by atoms with Crippen molar-refractivity contribution in [3.05, 3.63) is 47.2 Å². The molecular weight excluding hydrogens is 235 g/mol. The van der Waals surface area contributed by atoms with Gasteiger partial charge in [0.05, 0.1) is 6.54 Å². The third-order valence-electron chi connectivity index (χ3n) is 2.32. The number of nitriles is 1. The molecule has 0 aromatic heterocycles. The van der Waals surface area contributed by atoms with Crippen LogP contribution >= 0.6 is 0 Å². The highest BCUT2D eigenvalue weighted by molar-refractivity contribution is 5.52. The Hall–Kier alpha value is -2.55. The van der Waals surface area contributed by atoms with E-state index < -0.39 is 0 Å². The maximum Gasteiger partial charge on any atom is 0.215 e. The lowest BCUT2D eigenvalue weighted by atomic mass is 10.2. The lowest BCUT2D eigenvalue weighted by Gasteiger charge is -2.18. The van der Waals surface area contributed by atoms with E-state index in [1.165, 1.54) is 24.1 Å². The predicted octanol–water partition coefficient (Wildman–Crippen LogP) is 0.655. The number of carbonyl (C=O) groups excluding carboxylic acids is 1. The summed E-state index contributed by atoms with van der Waals surface area (Å²) < 4.78 is 12.7. The van der Waals surface area contributed by atoms with Crippen molar-refractivity contribution in [2.24, 2.45) is 5.73 Å². The van der Waals surface area contributed by atoms with Crippen molar-refractivity contribution in [3.63, 3.8) is 0 Å². The molecule has 3 N–H and O–H groups in total. The second kappa shape index (κ2) is 6.25. The molecule has 18 heavy (non-hydrogen) atoms. The lowest BCUT2D eigenvalue weighted by Crippen LogP contribution is -2.30. The van der Waals surface area contributed by atoms with Gasteiger partial charge in [0.2, 0.25) is 6.41 Å². The minimum absolute atomic E-state index is 0.0272. The summed E-state index contributed by atoms with van der Waals surface area (Å²) in [5.74, 6) is -0.327. The van der Waals surface area contributed by atoms with Crippen LogP contribution in [0, 0.1) is 17.1 Å². The maximum absolute atomic E-state index is 12.7. The molecule has 1 rings (SSSR count). The highest BCUT2D eigenvalue weighted by atomic mass is 19.1. The first-order chi connectivity index (χ1) is 8.62. The van der Waals surface area contributed by atoms with Gasteiger partial charge in [-0.1, -0.05) is 12.1 Å². The number of carbonyl (C=O) groups is 1. The maximum atomic E-state index is 12.7. The van der Waals surface area contributed by atoms with Crippen molar-refractivity contribution in [1.82, 2.24) is 10.2 Å². The normalized spacial score (nSPS) is 11.2. The van der Waals surface area contributed by atoms with Crippen LogP contribution in [0.2, 0.25) is 0 Å². The zero-order valence-corrected chi connectivity index (χ0v) is 9.85. The molecule has 94 valence electrons. The van der Waals surface area contributed by atoms with E-state index >= 15 is 0 Å². The number of hydrogen-bond donors (Lipinski definition) is 2. The molecule has 1 aromatic rings. The first-order valence-corrected chi connectivity index (χ1v) is 5.16.